The van der Waals surface area contributed by atoms with E-state index in [1.54, 1.807) is 0 Å². The Balaban J connectivity index is 1.92. The lowest BCUT2D eigenvalue weighted by atomic mass is 9.80. The molecule has 0 saturated carbocycles. The predicted molar refractivity (Wildman–Crippen MR) is 72.8 cm³/mol. The number of hydrogen-bond acceptors (Lipinski definition) is 3. The van der Waals surface area contributed by atoms with Crippen LogP contribution in [0, 0.1) is 5.92 Å². The fourth-order valence-corrected chi connectivity index (χ4v) is 3.84. The van der Waals surface area contributed by atoms with Crippen molar-refractivity contribution in [2.75, 3.05) is 0 Å². The number of aliphatic imine (C=N–C) groups is 1. The molecule has 2 N–H and O–H groups in total. The number of hydrogen-bond donors (Lipinski definition) is 2. The molecular formula is C13H15BrN2O2. The number of carbonyl (C=O) groups is 1. The number of carboxylic acids is 1. The minimum Gasteiger partial charge on any atom is -0.480 e. The van der Waals surface area contributed by atoms with Gasteiger partial charge in [-0.15, -0.1) is 0 Å². The van der Waals surface area contributed by atoms with Crippen LogP contribution in [0.4, 0.5) is 0 Å². The van der Waals surface area contributed by atoms with Crippen LogP contribution in [0.5, 0.6) is 0 Å². The van der Waals surface area contributed by atoms with Gasteiger partial charge >= 0.3 is 5.97 Å². The molecular weight excluding hydrogens is 296 g/mol. The zero-order valence-corrected chi connectivity index (χ0v) is 11.5. The van der Waals surface area contributed by atoms with Gasteiger partial charge in [0.1, 0.15) is 6.04 Å². The Hall–Kier alpha value is -0.940. The maximum Gasteiger partial charge on any atom is 0.320 e. The highest BCUT2D eigenvalue weighted by atomic mass is 79.9. The number of fused-ring (bicyclic) bond motifs is 3. The topological polar surface area (TPSA) is 61.7 Å². The third kappa shape index (κ3) is 1.95. The second-order valence-electron chi connectivity index (χ2n) is 5.11. The molecule has 2 heterocycles. The lowest BCUT2D eigenvalue weighted by Crippen LogP contribution is -2.47. The van der Waals surface area contributed by atoms with E-state index >= 15 is 0 Å². The third-order valence-electron chi connectivity index (χ3n) is 4.01. The second kappa shape index (κ2) is 4.63. The molecule has 0 amide bonds. The van der Waals surface area contributed by atoms with E-state index in [0.29, 0.717) is 12.3 Å². The average molecular weight is 311 g/mol. The fourth-order valence-electron chi connectivity index (χ4n) is 3.10. The average Bonchev–Trinajstić information content (AvgIpc) is 2.72. The molecule has 96 valence electrons. The van der Waals surface area contributed by atoms with E-state index in [9.17, 15) is 9.90 Å². The third-order valence-corrected chi connectivity index (χ3v) is 4.77. The van der Waals surface area contributed by atoms with Crippen LogP contribution < -0.4 is 5.32 Å². The predicted octanol–water partition coefficient (Wildman–Crippen LogP) is 2.22. The number of nitrogens with zero attached hydrogens (tertiary/aromatic N) is 1. The van der Waals surface area contributed by atoms with Crippen LogP contribution in [-0.2, 0) is 4.79 Å². The van der Waals surface area contributed by atoms with Crippen LogP contribution in [0.15, 0.2) is 26.8 Å². The van der Waals surface area contributed by atoms with Gasteiger partial charge in [-0.1, -0.05) is 22.4 Å². The lowest BCUT2D eigenvalue weighted by molar-refractivity contribution is -0.139. The molecule has 2 aliphatic heterocycles. The van der Waals surface area contributed by atoms with Crippen LogP contribution >= 0.6 is 15.9 Å². The Morgan fingerprint density at radius 1 is 1.50 bits per heavy atom. The van der Waals surface area contributed by atoms with E-state index in [1.807, 2.05) is 12.4 Å². The number of allylic oxidation sites excluding steroid dienone is 1. The highest BCUT2D eigenvalue weighted by molar-refractivity contribution is 9.11. The number of carboxylic acid groups (broad SMARTS) is 1. The first-order valence-electron chi connectivity index (χ1n) is 6.28. The quantitative estimate of drug-likeness (QED) is 0.780. The van der Waals surface area contributed by atoms with Gasteiger partial charge < -0.3 is 5.11 Å². The summed E-state index contributed by atoms with van der Waals surface area (Å²) in [6.07, 6.45) is 7.45. The van der Waals surface area contributed by atoms with Gasteiger partial charge in [0.2, 0.25) is 0 Å². The second-order valence-corrected chi connectivity index (χ2v) is 6.07. The molecule has 3 aliphatic rings. The SMILES string of the molecule is O=C(O)[C@@H]1CCCC2CC(Br)=C3C=NC=C3C2N1. The summed E-state index contributed by atoms with van der Waals surface area (Å²) in [6, 6.07) is -0.299. The van der Waals surface area contributed by atoms with Crippen molar-refractivity contribution in [3.05, 3.63) is 21.8 Å². The molecule has 0 spiro atoms. The van der Waals surface area contributed by atoms with Gasteiger partial charge in [0.05, 0.1) is 0 Å². The van der Waals surface area contributed by atoms with Crippen LogP contribution in [-0.4, -0.2) is 29.4 Å². The number of rotatable bonds is 1. The summed E-state index contributed by atoms with van der Waals surface area (Å²) in [6.45, 7) is 0. The largest absolute Gasteiger partial charge is 0.480 e. The summed E-state index contributed by atoms with van der Waals surface area (Å²) in [4.78, 5) is 15.4. The van der Waals surface area contributed by atoms with Crippen molar-refractivity contribution >= 4 is 28.1 Å². The molecule has 4 nitrogen and oxygen atoms in total. The first kappa shape index (κ1) is 12.1. The van der Waals surface area contributed by atoms with E-state index in [0.717, 1.165) is 30.4 Å². The van der Waals surface area contributed by atoms with Crippen LogP contribution in [0.25, 0.3) is 0 Å². The van der Waals surface area contributed by atoms with E-state index in [4.69, 9.17) is 0 Å². The molecule has 1 aliphatic carbocycles. The highest BCUT2D eigenvalue weighted by Gasteiger charge is 2.38. The van der Waals surface area contributed by atoms with Gasteiger partial charge in [-0.3, -0.25) is 15.1 Å². The van der Waals surface area contributed by atoms with Gasteiger partial charge in [0.15, 0.2) is 0 Å². The monoisotopic (exact) mass is 310 g/mol. The molecule has 5 heteroatoms. The maximum atomic E-state index is 11.2. The molecule has 3 rings (SSSR count). The first-order valence-corrected chi connectivity index (χ1v) is 7.07. The summed E-state index contributed by atoms with van der Waals surface area (Å²) in [7, 11) is 0. The van der Waals surface area contributed by atoms with Crippen molar-refractivity contribution in [3.8, 4) is 0 Å². The van der Waals surface area contributed by atoms with E-state index in [1.165, 1.54) is 4.48 Å². The Morgan fingerprint density at radius 2 is 2.33 bits per heavy atom. The van der Waals surface area contributed by atoms with Crippen LogP contribution in [0.2, 0.25) is 0 Å². The van der Waals surface area contributed by atoms with Crippen molar-refractivity contribution in [2.45, 2.75) is 37.8 Å². The minimum atomic E-state index is -0.745. The van der Waals surface area contributed by atoms with E-state index in [2.05, 4.69) is 26.2 Å². The van der Waals surface area contributed by atoms with Crippen molar-refractivity contribution in [3.63, 3.8) is 0 Å². The Kier molecular flexibility index (Phi) is 3.11. The summed E-state index contributed by atoms with van der Waals surface area (Å²) in [5.74, 6) is -0.272. The molecule has 1 fully saturated rings. The molecule has 3 atom stereocenters. The maximum absolute atomic E-state index is 11.2. The number of halogens is 1. The Bertz CT molecular complexity index is 481. The molecule has 0 bridgehead atoms. The molecule has 0 aromatic heterocycles. The van der Waals surface area contributed by atoms with E-state index < -0.39 is 12.0 Å². The Morgan fingerprint density at radius 3 is 3.11 bits per heavy atom. The highest BCUT2D eigenvalue weighted by Crippen LogP contribution is 2.41. The molecule has 18 heavy (non-hydrogen) atoms. The minimum absolute atomic E-state index is 0.132. The van der Waals surface area contributed by atoms with Gasteiger partial charge in [-0.25, -0.2) is 0 Å². The normalized spacial score (nSPS) is 34.7. The summed E-state index contributed by atoms with van der Waals surface area (Å²) in [5, 5.41) is 12.5. The molecule has 0 radical (unpaired) electrons. The zero-order valence-electron chi connectivity index (χ0n) is 9.90. The molecule has 1 saturated heterocycles. The summed E-state index contributed by atoms with van der Waals surface area (Å²) < 4.78 is 1.20. The molecule has 0 aromatic carbocycles. The zero-order chi connectivity index (χ0) is 12.7. The van der Waals surface area contributed by atoms with Crippen molar-refractivity contribution in [1.82, 2.24) is 5.32 Å². The van der Waals surface area contributed by atoms with Crippen molar-refractivity contribution in [2.24, 2.45) is 10.9 Å². The van der Waals surface area contributed by atoms with Gasteiger partial charge in [0.25, 0.3) is 0 Å². The summed E-state index contributed by atoms with van der Waals surface area (Å²) in [5.41, 5.74) is 2.28. The summed E-state index contributed by atoms with van der Waals surface area (Å²) >= 11 is 3.63. The van der Waals surface area contributed by atoms with Crippen molar-refractivity contribution in [1.29, 1.82) is 0 Å². The smallest absolute Gasteiger partial charge is 0.320 e. The van der Waals surface area contributed by atoms with Gasteiger partial charge in [-0.2, -0.15) is 0 Å². The Labute approximate surface area is 114 Å². The number of nitrogens with one attached hydrogen (secondary N) is 1. The molecule has 0 aromatic rings. The van der Waals surface area contributed by atoms with E-state index in [-0.39, 0.29) is 6.04 Å². The van der Waals surface area contributed by atoms with Crippen LogP contribution in [0.1, 0.15) is 25.7 Å². The van der Waals surface area contributed by atoms with Gasteiger partial charge in [0, 0.05) is 28.5 Å². The fraction of sp³-hybridized carbons (Fsp3) is 0.538. The van der Waals surface area contributed by atoms with Crippen LogP contribution in [0.3, 0.4) is 0 Å². The number of aliphatic carboxylic acids is 1. The lowest BCUT2D eigenvalue weighted by Gasteiger charge is -2.33. The first-order chi connectivity index (χ1) is 8.66. The molecule has 2 unspecified atom stereocenters. The van der Waals surface area contributed by atoms with Gasteiger partial charge in [-0.05, 0) is 30.8 Å². The van der Waals surface area contributed by atoms with Crippen molar-refractivity contribution < 1.29 is 9.90 Å². The standard InChI is InChI=1S/C13H15BrN2O2/c14-10-4-7-2-1-3-11(13(17)18)16-12(7)9-6-15-5-8(9)10/h5-7,11-12,16H,1-4H2,(H,17,18)/t7?,11-,12?/m0/s1.